The van der Waals surface area contributed by atoms with E-state index in [2.05, 4.69) is 10.3 Å². The molecule has 0 spiro atoms. The van der Waals surface area contributed by atoms with Crippen LogP contribution < -0.4 is 10.0 Å². The predicted octanol–water partition coefficient (Wildman–Crippen LogP) is 2.25. The van der Waals surface area contributed by atoms with E-state index in [-0.39, 0.29) is 30.2 Å². The molecule has 0 aliphatic heterocycles. The Morgan fingerprint density at radius 3 is 2.11 bits per heavy atom. The molecular weight excluding hydrogens is 470 g/mol. The lowest BCUT2D eigenvalue weighted by Gasteiger charge is -2.08. The van der Waals surface area contributed by atoms with Crippen LogP contribution in [0.5, 0.6) is 0 Å². The highest BCUT2D eigenvalue weighted by molar-refractivity contribution is 7.90. The highest BCUT2D eigenvalue weighted by Crippen LogP contribution is 2.06. The molecule has 0 saturated heterocycles. The zero-order valence-electron chi connectivity index (χ0n) is 18.8. The van der Waals surface area contributed by atoms with E-state index in [0.29, 0.717) is 12.8 Å². The molecule has 9 nitrogen and oxygen atoms in total. The van der Waals surface area contributed by atoms with Gasteiger partial charge in [0, 0.05) is 6.20 Å². The molecule has 0 fully saturated rings. The third kappa shape index (κ3) is 8.67. The molecule has 0 atom stereocenters. The van der Waals surface area contributed by atoms with E-state index in [0.717, 1.165) is 17.3 Å². The third-order valence-corrected chi connectivity index (χ3v) is 6.19. The highest BCUT2D eigenvalue weighted by atomic mass is 32.2. The van der Waals surface area contributed by atoms with Gasteiger partial charge in [0.05, 0.1) is 11.3 Å². The monoisotopic (exact) mass is 495 g/mol. The van der Waals surface area contributed by atoms with Gasteiger partial charge in [-0.2, -0.15) is 0 Å². The van der Waals surface area contributed by atoms with E-state index in [1.165, 1.54) is 12.1 Å². The van der Waals surface area contributed by atoms with E-state index < -0.39 is 27.8 Å². The molecule has 0 bridgehead atoms. The van der Waals surface area contributed by atoms with Crippen molar-refractivity contribution in [2.24, 2.45) is 0 Å². The van der Waals surface area contributed by atoms with Crippen molar-refractivity contribution in [2.45, 2.75) is 19.4 Å². The standard InChI is InChI=1S/C25H25N3O6S/c29-23(34-18-20-10-5-2-6-11-20)17-27-25(31)22-14-13-21(16-26-22)24(30)28-35(32,33)15-7-12-19-8-3-1-4-9-19/h1-6,8-11,13-14,16H,7,12,15,17-18H2,(H,27,31)(H,28,30). The van der Waals surface area contributed by atoms with Crippen LogP contribution in [0, 0.1) is 0 Å². The molecule has 0 radical (unpaired) electrons. The van der Waals surface area contributed by atoms with Crippen LogP contribution in [-0.4, -0.2) is 43.5 Å². The Kier molecular flexibility index (Phi) is 9.08. The van der Waals surface area contributed by atoms with Crippen LogP contribution in [0.4, 0.5) is 0 Å². The van der Waals surface area contributed by atoms with Crippen LogP contribution in [0.15, 0.2) is 79.0 Å². The molecule has 0 unspecified atom stereocenters. The van der Waals surface area contributed by atoms with Crippen molar-refractivity contribution in [3.63, 3.8) is 0 Å². The van der Waals surface area contributed by atoms with Crippen molar-refractivity contribution in [3.05, 3.63) is 101 Å². The van der Waals surface area contributed by atoms with Gasteiger partial charge in [0.2, 0.25) is 10.0 Å². The van der Waals surface area contributed by atoms with Crippen LogP contribution in [0.25, 0.3) is 0 Å². The molecule has 35 heavy (non-hydrogen) atoms. The number of hydrogen-bond donors (Lipinski definition) is 2. The number of ether oxygens (including phenoxy) is 1. The molecule has 1 heterocycles. The molecule has 0 aliphatic rings. The first-order chi connectivity index (χ1) is 16.8. The van der Waals surface area contributed by atoms with Crippen LogP contribution in [-0.2, 0) is 32.6 Å². The van der Waals surface area contributed by atoms with E-state index in [4.69, 9.17) is 4.74 Å². The first-order valence-corrected chi connectivity index (χ1v) is 12.5. The average molecular weight is 496 g/mol. The summed E-state index contributed by atoms with van der Waals surface area (Å²) in [5.74, 6) is -2.30. The Morgan fingerprint density at radius 1 is 0.829 bits per heavy atom. The van der Waals surface area contributed by atoms with Gasteiger partial charge < -0.3 is 10.1 Å². The highest BCUT2D eigenvalue weighted by Gasteiger charge is 2.17. The Labute approximate surface area is 203 Å². The second-order valence-corrected chi connectivity index (χ2v) is 9.44. The van der Waals surface area contributed by atoms with Gasteiger partial charge in [-0.05, 0) is 36.1 Å². The summed E-state index contributed by atoms with van der Waals surface area (Å²) < 4.78 is 31.5. The third-order valence-electron chi connectivity index (χ3n) is 4.86. The quantitative estimate of drug-likeness (QED) is 0.390. The maximum Gasteiger partial charge on any atom is 0.325 e. The number of nitrogens with one attached hydrogen (secondary N) is 2. The van der Waals surface area contributed by atoms with Gasteiger partial charge in [-0.3, -0.25) is 19.4 Å². The van der Waals surface area contributed by atoms with Crippen molar-refractivity contribution in [2.75, 3.05) is 12.3 Å². The number of amides is 2. The van der Waals surface area contributed by atoms with Crippen LogP contribution >= 0.6 is 0 Å². The number of esters is 1. The fourth-order valence-electron chi connectivity index (χ4n) is 3.06. The van der Waals surface area contributed by atoms with Gasteiger partial charge in [-0.1, -0.05) is 60.7 Å². The minimum absolute atomic E-state index is 0.0181. The number of sulfonamides is 1. The van der Waals surface area contributed by atoms with E-state index >= 15 is 0 Å². The molecular formula is C25H25N3O6S. The Bertz CT molecular complexity index is 1250. The smallest absolute Gasteiger partial charge is 0.325 e. The van der Waals surface area contributed by atoms with Gasteiger partial charge in [-0.25, -0.2) is 13.1 Å². The van der Waals surface area contributed by atoms with Crippen molar-refractivity contribution in [1.82, 2.24) is 15.0 Å². The van der Waals surface area contributed by atoms with E-state index in [1.807, 2.05) is 65.4 Å². The molecule has 3 aromatic rings. The molecule has 2 amide bonds. The lowest BCUT2D eigenvalue weighted by molar-refractivity contribution is -0.143. The number of benzene rings is 2. The summed E-state index contributed by atoms with van der Waals surface area (Å²) in [5, 5.41) is 2.39. The number of nitrogens with zero attached hydrogens (tertiary/aromatic N) is 1. The van der Waals surface area contributed by atoms with Gasteiger partial charge in [0.25, 0.3) is 11.8 Å². The Morgan fingerprint density at radius 2 is 1.49 bits per heavy atom. The number of pyridine rings is 1. The fourth-order valence-corrected chi connectivity index (χ4v) is 4.08. The van der Waals surface area contributed by atoms with Crippen molar-refractivity contribution in [1.29, 1.82) is 0 Å². The van der Waals surface area contributed by atoms with Crippen molar-refractivity contribution >= 4 is 27.8 Å². The molecule has 182 valence electrons. The molecule has 10 heteroatoms. The van der Waals surface area contributed by atoms with E-state index in [9.17, 15) is 22.8 Å². The van der Waals surface area contributed by atoms with Crippen LogP contribution in [0.1, 0.15) is 38.4 Å². The Balaban J connectivity index is 1.43. The fraction of sp³-hybridized carbons (Fsp3) is 0.200. The largest absolute Gasteiger partial charge is 0.460 e. The van der Waals surface area contributed by atoms with Crippen LogP contribution in [0.3, 0.4) is 0 Å². The first-order valence-electron chi connectivity index (χ1n) is 10.8. The van der Waals surface area contributed by atoms with Gasteiger partial charge in [0.15, 0.2) is 0 Å². The minimum Gasteiger partial charge on any atom is -0.460 e. The summed E-state index contributed by atoms with van der Waals surface area (Å²) in [6.07, 6.45) is 2.02. The maximum absolute atomic E-state index is 12.3. The summed E-state index contributed by atoms with van der Waals surface area (Å²) in [6, 6.07) is 21.1. The average Bonchev–Trinajstić information content (AvgIpc) is 2.87. The number of hydrogen-bond acceptors (Lipinski definition) is 7. The molecule has 0 saturated carbocycles. The topological polar surface area (TPSA) is 132 Å². The number of aromatic nitrogens is 1. The molecule has 2 aromatic carbocycles. The molecule has 2 N–H and O–H groups in total. The number of carbonyl (C=O) groups excluding carboxylic acids is 3. The van der Waals surface area contributed by atoms with Crippen molar-refractivity contribution < 1.29 is 27.5 Å². The first kappa shape index (κ1) is 25.6. The van der Waals surface area contributed by atoms with Gasteiger partial charge >= 0.3 is 5.97 Å². The molecule has 1 aromatic heterocycles. The summed E-state index contributed by atoms with van der Waals surface area (Å²) >= 11 is 0. The number of rotatable bonds is 11. The summed E-state index contributed by atoms with van der Waals surface area (Å²) in [7, 11) is -3.83. The van der Waals surface area contributed by atoms with Gasteiger partial charge in [0.1, 0.15) is 18.8 Å². The molecule has 3 rings (SSSR count). The summed E-state index contributed by atoms with van der Waals surface area (Å²) in [6.45, 7) is -0.260. The Hall–Kier alpha value is -4.05. The lowest BCUT2D eigenvalue weighted by Crippen LogP contribution is -2.33. The van der Waals surface area contributed by atoms with Crippen molar-refractivity contribution in [3.8, 4) is 0 Å². The number of aryl methyl sites for hydroxylation is 1. The second kappa shape index (κ2) is 12.4. The molecule has 0 aliphatic carbocycles. The number of carbonyl (C=O) groups is 3. The second-order valence-electron chi connectivity index (χ2n) is 7.60. The maximum atomic E-state index is 12.3. The SMILES string of the molecule is O=C(CNC(=O)c1ccc(C(=O)NS(=O)(=O)CCCc2ccccc2)cn1)OCc1ccccc1. The summed E-state index contributed by atoms with van der Waals surface area (Å²) in [5.41, 5.74) is 1.77. The summed E-state index contributed by atoms with van der Waals surface area (Å²) in [4.78, 5) is 40.2. The lowest BCUT2D eigenvalue weighted by atomic mass is 10.1. The zero-order valence-corrected chi connectivity index (χ0v) is 19.7. The van der Waals surface area contributed by atoms with E-state index in [1.54, 1.807) is 0 Å². The minimum atomic E-state index is -3.83. The predicted molar refractivity (Wildman–Crippen MR) is 129 cm³/mol. The zero-order chi connectivity index (χ0) is 25.1. The van der Waals surface area contributed by atoms with Gasteiger partial charge in [-0.15, -0.1) is 0 Å². The normalized spacial score (nSPS) is 10.9. The van der Waals surface area contributed by atoms with Crippen LogP contribution in [0.2, 0.25) is 0 Å².